The van der Waals surface area contributed by atoms with Crippen LogP contribution < -0.4 is 46.8 Å². The monoisotopic (exact) mass is 1970 g/mol. The van der Waals surface area contributed by atoms with Crippen molar-refractivity contribution in [3.63, 3.8) is 0 Å². The smallest absolute Gasteiger partial charge is 0.337 e. The van der Waals surface area contributed by atoms with E-state index >= 15 is 0 Å². The molecule has 7 aromatic heterocycles. The Balaban J connectivity index is 0.000000147. The number of pyridine rings is 7. The quantitative estimate of drug-likeness (QED) is 0.0242. The number of ether oxygens (including phenoxy) is 8. The number of benzene rings is 5. The van der Waals surface area contributed by atoms with E-state index in [0.717, 1.165) is 87.8 Å². The topological polar surface area (TPSA) is 412 Å². The standard InChI is InChI=1S/C35H33F2N3O5.C26H23F2N3O3.C22H17ClF2N2O3.C11H15N3O2.C6H6N2O2.C5H11NO/c1-43-26-9-7-23(32(17-26)44-2)19-40-20-30-33(35(40)42)24(16-29(39-30)34-27(36)4-3-5-28(34)37)15-25-8-6-22(18-38-25)31(41)14-21-10-12-45-13-11-21;27-19-2-1-3-20(28)25(19)21-12-17(24-22(31-21)14-30-26(24)33)11-18-5-4-16(13-29-18)23(32)10-15-6-8-34-9-7-15;1-29-13-7-6-12(19(8-13)30-2)10-27-11-18-20(22(27)28)14(23)9-17(26-18)21-15(24)4-3-5-16(21)25;12-10-2-1-8(7-13-10)11(15)14-9-3-5-16-6-4-9;7-5-2-1-4(3-8-5)6(9)10;6-5-1-3-7-4-2-5/h3-9,16-18,21H,10-15,19-20H2,1-2H3;1-5,12-13,15H,6-11,14H2,(H,30,33);3-9H,10-11H2,1-2H3;1-2,7,9H,3-6H2,(H2,12,13)(H,14,15);1-3H,(H2,7,8)(H,9,10);5H,1-4,6H2. The summed E-state index contributed by atoms with van der Waals surface area (Å²) >= 11 is 6.32. The molecule has 7 aliphatic heterocycles. The van der Waals surface area contributed by atoms with Gasteiger partial charge in [0.05, 0.1) is 145 Å². The number of carbonyl (C=O) groups excluding carboxylic acids is 6. The van der Waals surface area contributed by atoms with E-state index in [2.05, 4.69) is 45.5 Å². The van der Waals surface area contributed by atoms with E-state index in [9.17, 15) is 59.9 Å². The largest absolute Gasteiger partial charge is 0.497 e. The third kappa shape index (κ3) is 26.5. The summed E-state index contributed by atoms with van der Waals surface area (Å²) in [6, 6.07) is 39.7. The minimum Gasteiger partial charge on any atom is -0.497 e. The number of nitrogen functional groups attached to an aromatic ring is 2. The van der Waals surface area contributed by atoms with Gasteiger partial charge < -0.3 is 80.6 Å². The van der Waals surface area contributed by atoms with E-state index in [1.807, 2.05) is 12.1 Å². The molecule has 4 fully saturated rings. The van der Waals surface area contributed by atoms with Crippen LogP contribution in [0.4, 0.5) is 38.0 Å². The van der Waals surface area contributed by atoms with Gasteiger partial charge in [0.25, 0.3) is 23.6 Å². The van der Waals surface area contributed by atoms with Gasteiger partial charge in [0.2, 0.25) is 0 Å². The SMILES string of the molecule is COc1ccc(CN2Cc3nc(-c4c(F)cccc4F)cc(Cc4ccc(C(=O)CC5CCOCC5)cn4)c3C2=O)c(OC)c1.COc1ccc(CN2Cc3nc(-c4c(F)cccc4F)cc(Cl)c3C2=O)c(OC)c1.NC1CCOCC1.Nc1ccc(C(=O)NC2CCOCC2)cn1.Nc1ccc(C(=O)O)cn1.O=C(CC1CCOCC1)c1ccc(Cc2cc(-c3c(F)cccc3F)nc3c2C(=O)NC3)nc1. The Kier molecular flexibility index (Phi) is 35.6. The molecule has 4 amide bonds. The Morgan fingerprint density at radius 3 is 1.23 bits per heavy atom. The second-order valence-electron chi connectivity index (χ2n) is 34.3. The molecule has 0 saturated carbocycles. The molecule has 0 atom stereocenters. The molecule has 0 unspecified atom stereocenters. The maximum absolute atomic E-state index is 14.9. The molecule has 37 heteroatoms. The van der Waals surface area contributed by atoms with Gasteiger partial charge in [0.1, 0.15) is 69.5 Å². The third-order valence-corrected chi connectivity index (χ3v) is 25.0. The van der Waals surface area contributed by atoms with E-state index < -0.39 is 40.9 Å². The van der Waals surface area contributed by atoms with Crippen LogP contribution in [0.25, 0.3) is 33.8 Å². The van der Waals surface area contributed by atoms with Gasteiger partial charge in [-0.1, -0.05) is 29.8 Å². The van der Waals surface area contributed by atoms with Crippen LogP contribution in [0.3, 0.4) is 0 Å². The third-order valence-electron chi connectivity index (χ3n) is 24.7. The highest BCUT2D eigenvalue weighted by Gasteiger charge is 2.37. The predicted octanol–water partition coefficient (Wildman–Crippen LogP) is 16.4. The first-order valence-electron chi connectivity index (χ1n) is 46.0. The number of anilines is 2. The Hall–Kier alpha value is -14.7. The highest BCUT2D eigenvalue weighted by molar-refractivity contribution is 6.34. The van der Waals surface area contributed by atoms with Crippen molar-refractivity contribution < 1.29 is 103 Å². The van der Waals surface area contributed by atoms with Gasteiger partial charge in [-0.05, 0) is 202 Å². The number of aromatic nitrogens is 7. The van der Waals surface area contributed by atoms with Crippen molar-refractivity contribution in [2.75, 3.05) is 92.8 Å². The van der Waals surface area contributed by atoms with Gasteiger partial charge in [-0.2, -0.15) is 0 Å². The zero-order valence-electron chi connectivity index (χ0n) is 78.3. The van der Waals surface area contributed by atoms with Crippen molar-refractivity contribution in [3.05, 3.63) is 312 Å². The first-order valence-corrected chi connectivity index (χ1v) is 46.4. The zero-order chi connectivity index (χ0) is 101. The van der Waals surface area contributed by atoms with Gasteiger partial charge >= 0.3 is 5.97 Å². The number of nitrogens with one attached hydrogen (secondary N) is 2. The molecule has 0 spiro atoms. The van der Waals surface area contributed by atoms with Crippen molar-refractivity contribution in [2.45, 2.75) is 122 Å². The Morgan fingerprint density at radius 1 is 0.444 bits per heavy atom. The summed E-state index contributed by atoms with van der Waals surface area (Å²) in [6.07, 6.45) is 14.5. The molecular formula is C105H105ClF6N14O16. The fraction of sp³-hybridized carbons (Fsp3) is 0.314. The number of amides is 4. The lowest BCUT2D eigenvalue weighted by atomic mass is 9.92. The van der Waals surface area contributed by atoms with Crippen LogP contribution in [0.2, 0.25) is 5.02 Å². The van der Waals surface area contributed by atoms with Crippen LogP contribution in [0, 0.1) is 46.7 Å². The molecule has 14 heterocycles. The number of hydrogen-bond acceptors (Lipinski definition) is 25. The second kappa shape index (κ2) is 48.9. The van der Waals surface area contributed by atoms with Crippen LogP contribution in [0.15, 0.2) is 183 Å². The maximum Gasteiger partial charge on any atom is 0.337 e. The van der Waals surface area contributed by atoms with Crippen LogP contribution in [0.1, 0.15) is 187 Å². The summed E-state index contributed by atoms with van der Waals surface area (Å²) in [5, 5.41) is 14.2. The molecule has 4 saturated heterocycles. The number of nitrogens with two attached hydrogens (primary N) is 3. The van der Waals surface area contributed by atoms with Gasteiger partial charge in [0, 0.05) is 161 Å². The van der Waals surface area contributed by atoms with E-state index in [1.165, 1.54) is 86.2 Å². The van der Waals surface area contributed by atoms with E-state index in [0.29, 0.717) is 172 Å². The fourth-order valence-corrected chi connectivity index (χ4v) is 17.2. The Labute approximate surface area is 819 Å². The molecule has 12 aromatic rings. The van der Waals surface area contributed by atoms with Crippen molar-refractivity contribution in [1.82, 2.24) is 55.3 Å². The van der Waals surface area contributed by atoms with Crippen LogP contribution >= 0.6 is 11.6 Å². The normalized spacial score (nSPS) is 15.0. The van der Waals surface area contributed by atoms with Crippen molar-refractivity contribution >= 4 is 64.4 Å². The zero-order valence-corrected chi connectivity index (χ0v) is 79.0. The lowest BCUT2D eigenvalue weighted by Crippen LogP contribution is -2.38. The first-order chi connectivity index (χ1) is 68.6. The van der Waals surface area contributed by atoms with Gasteiger partial charge in [-0.25, -0.2) is 56.1 Å². The van der Waals surface area contributed by atoms with Gasteiger partial charge in [0.15, 0.2) is 11.6 Å². The van der Waals surface area contributed by atoms with E-state index in [1.54, 1.807) is 110 Å². The molecule has 0 bridgehead atoms. The van der Waals surface area contributed by atoms with Gasteiger partial charge in [-0.3, -0.25) is 38.7 Å². The van der Waals surface area contributed by atoms with Crippen molar-refractivity contribution in [2.24, 2.45) is 17.6 Å². The summed E-state index contributed by atoms with van der Waals surface area (Å²) in [5.74, 6) is -2.51. The minimum absolute atomic E-state index is 0.0304. The number of ketones is 2. The number of carboxylic acids is 1. The molecule has 740 valence electrons. The van der Waals surface area contributed by atoms with E-state index in [-0.39, 0.29) is 137 Å². The number of hydrogen-bond donors (Lipinski definition) is 6. The number of carboxylic acid groups (broad SMARTS) is 1. The summed E-state index contributed by atoms with van der Waals surface area (Å²) in [6.45, 7) is 6.86. The molecule has 0 radical (unpaired) electrons. The number of aromatic carboxylic acids is 1. The molecule has 19 rings (SSSR count). The second-order valence-corrected chi connectivity index (χ2v) is 34.7. The van der Waals surface area contributed by atoms with Gasteiger partial charge in [-0.15, -0.1) is 0 Å². The van der Waals surface area contributed by atoms with Crippen LogP contribution in [-0.4, -0.2) is 184 Å². The maximum atomic E-state index is 14.9. The number of halogens is 7. The number of nitrogens with zero attached hydrogens (tertiary/aromatic N) is 9. The summed E-state index contributed by atoms with van der Waals surface area (Å²) in [4.78, 5) is 120. The van der Waals surface area contributed by atoms with E-state index in [4.69, 9.17) is 71.8 Å². The average Bonchev–Trinajstić information content (AvgIpc) is 1.55. The minimum atomic E-state index is -0.993. The molecule has 0 aliphatic carbocycles. The lowest BCUT2D eigenvalue weighted by Gasteiger charge is -2.23. The Bertz CT molecular complexity index is 6480. The molecule has 7 aliphatic rings. The lowest BCUT2D eigenvalue weighted by molar-refractivity contribution is 0.0596. The van der Waals surface area contributed by atoms with Crippen molar-refractivity contribution in [3.8, 4) is 56.8 Å². The molecule has 9 N–H and O–H groups in total. The average molecular weight is 1970 g/mol. The number of Topliss-reactive ketones (excluding diaryl/α,β-unsaturated/α-hetero) is 2. The highest BCUT2D eigenvalue weighted by Crippen LogP contribution is 2.40. The summed E-state index contributed by atoms with van der Waals surface area (Å²) < 4.78 is 129. The number of rotatable bonds is 24. The van der Waals surface area contributed by atoms with Crippen molar-refractivity contribution in [1.29, 1.82) is 0 Å². The predicted molar refractivity (Wildman–Crippen MR) is 514 cm³/mol. The Morgan fingerprint density at radius 2 is 0.831 bits per heavy atom. The first kappa shape index (κ1) is 103. The number of fused-ring (bicyclic) bond motifs is 3. The molecule has 142 heavy (non-hydrogen) atoms. The fourth-order valence-electron chi connectivity index (χ4n) is 16.9. The summed E-state index contributed by atoms with van der Waals surface area (Å²) in [5.41, 5.74) is 23.7. The van der Waals surface area contributed by atoms with Crippen LogP contribution in [-0.2, 0) is 64.5 Å². The number of carbonyl (C=O) groups is 7. The summed E-state index contributed by atoms with van der Waals surface area (Å²) in [7, 11) is 6.20. The highest BCUT2D eigenvalue weighted by atomic mass is 35.5. The molecule has 5 aromatic carbocycles. The number of methoxy groups -OCH3 is 4. The van der Waals surface area contributed by atoms with Crippen LogP contribution in [0.5, 0.6) is 23.0 Å². The molecule has 30 nitrogen and oxygen atoms in total. The molecular weight excluding hydrogens is 1860 g/mol.